The van der Waals surface area contributed by atoms with E-state index in [0.717, 1.165) is 25.9 Å². The molecule has 2 aromatic rings. The molecule has 27 heavy (non-hydrogen) atoms. The fourth-order valence-electron chi connectivity index (χ4n) is 3.38. The van der Waals surface area contributed by atoms with E-state index in [9.17, 15) is 9.18 Å². The molecule has 6 nitrogen and oxygen atoms in total. The normalized spacial score (nSPS) is 19.0. The van der Waals surface area contributed by atoms with Gasteiger partial charge >= 0.3 is 0 Å². The summed E-state index contributed by atoms with van der Waals surface area (Å²) in [5.41, 5.74) is 0.771. The van der Waals surface area contributed by atoms with E-state index >= 15 is 0 Å². The van der Waals surface area contributed by atoms with Crippen molar-refractivity contribution >= 4 is 18.3 Å². The summed E-state index contributed by atoms with van der Waals surface area (Å²) in [6, 6.07) is 7.99. The first-order chi connectivity index (χ1) is 12.6. The van der Waals surface area contributed by atoms with Crippen molar-refractivity contribution in [3.05, 3.63) is 53.6 Å². The summed E-state index contributed by atoms with van der Waals surface area (Å²) in [7, 11) is 1.50. The van der Waals surface area contributed by atoms with Gasteiger partial charge in [-0.05, 0) is 38.4 Å². The van der Waals surface area contributed by atoms with E-state index < -0.39 is 12.1 Å². The Morgan fingerprint density at radius 2 is 2.19 bits per heavy atom. The zero-order chi connectivity index (χ0) is 18.5. The summed E-state index contributed by atoms with van der Waals surface area (Å²) in [6.07, 6.45) is 3.40. The fraction of sp³-hybridized carbons (Fsp3) is 0.474. The van der Waals surface area contributed by atoms with Crippen LogP contribution in [0.1, 0.15) is 48.0 Å². The number of aromatic nitrogens is 2. The molecule has 3 unspecified atom stereocenters. The zero-order valence-electron chi connectivity index (χ0n) is 15.5. The van der Waals surface area contributed by atoms with Gasteiger partial charge in [0, 0.05) is 25.4 Å². The van der Waals surface area contributed by atoms with E-state index in [1.54, 1.807) is 31.2 Å². The van der Waals surface area contributed by atoms with Crippen molar-refractivity contribution in [2.45, 2.75) is 38.0 Å². The number of carbonyl (C=O) groups excluding carboxylic acids is 1. The zero-order valence-corrected chi connectivity index (χ0v) is 16.3. The van der Waals surface area contributed by atoms with Crippen molar-refractivity contribution in [2.24, 2.45) is 0 Å². The van der Waals surface area contributed by atoms with Gasteiger partial charge in [0.15, 0.2) is 0 Å². The van der Waals surface area contributed by atoms with E-state index in [-0.39, 0.29) is 30.2 Å². The minimum Gasteiger partial charge on any atom is -0.375 e. The molecular weight excluding hydrogens is 371 g/mol. The van der Waals surface area contributed by atoms with Gasteiger partial charge in [-0.3, -0.25) is 9.48 Å². The van der Waals surface area contributed by atoms with Gasteiger partial charge in [0.25, 0.3) is 5.91 Å². The number of benzene rings is 1. The second kappa shape index (κ2) is 9.82. The molecule has 148 valence electrons. The Bertz CT molecular complexity index is 749. The Morgan fingerprint density at radius 3 is 2.85 bits per heavy atom. The van der Waals surface area contributed by atoms with Gasteiger partial charge in [0.05, 0.1) is 12.1 Å². The van der Waals surface area contributed by atoms with Gasteiger partial charge in [-0.1, -0.05) is 18.2 Å². The highest BCUT2D eigenvalue weighted by atomic mass is 35.5. The van der Waals surface area contributed by atoms with Crippen LogP contribution in [0, 0.1) is 5.82 Å². The standard InChI is InChI=1S/C19H25FN4O2.ClH/c1-13(18(26-2)15-7-3-4-8-16(15)20)22-19(25)17-9-11-24(23-17)14-6-5-10-21-12-14;/h3-4,7-9,11,13-14,18,21H,5-6,10,12H2,1-2H3,(H,22,25);1H. The van der Waals surface area contributed by atoms with Crippen LogP contribution >= 0.6 is 12.4 Å². The second-order valence-corrected chi connectivity index (χ2v) is 6.62. The van der Waals surface area contributed by atoms with Crippen LogP contribution in [-0.4, -0.2) is 41.9 Å². The summed E-state index contributed by atoms with van der Waals surface area (Å²) in [5, 5.41) is 10.6. The van der Waals surface area contributed by atoms with E-state index in [2.05, 4.69) is 15.7 Å². The van der Waals surface area contributed by atoms with Crippen molar-refractivity contribution in [2.75, 3.05) is 20.2 Å². The monoisotopic (exact) mass is 396 g/mol. The molecule has 0 saturated carbocycles. The molecule has 0 spiro atoms. The minimum absolute atomic E-state index is 0. The number of rotatable bonds is 6. The van der Waals surface area contributed by atoms with E-state index in [1.165, 1.54) is 13.2 Å². The number of nitrogens with zero attached hydrogens (tertiary/aromatic N) is 2. The second-order valence-electron chi connectivity index (χ2n) is 6.62. The predicted molar refractivity (Wildman–Crippen MR) is 104 cm³/mol. The molecule has 1 aromatic heterocycles. The Balaban J connectivity index is 0.00000261. The molecule has 3 atom stereocenters. The summed E-state index contributed by atoms with van der Waals surface area (Å²) < 4.78 is 21.3. The summed E-state index contributed by atoms with van der Waals surface area (Å²) >= 11 is 0. The highest BCUT2D eigenvalue weighted by Gasteiger charge is 2.25. The van der Waals surface area contributed by atoms with Gasteiger partial charge in [0.2, 0.25) is 0 Å². The fourth-order valence-corrected chi connectivity index (χ4v) is 3.38. The minimum atomic E-state index is -0.579. The molecule has 1 amide bonds. The molecule has 1 fully saturated rings. The van der Waals surface area contributed by atoms with Crippen molar-refractivity contribution in [3.63, 3.8) is 0 Å². The predicted octanol–water partition coefficient (Wildman–Crippen LogP) is 2.87. The van der Waals surface area contributed by atoms with Crippen molar-refractivity contribution in [1.29, 1.82) is 0 Å². The lowest BCUT2D eigenvalue weighted by Gasteiger charge is -2.24. The molecule has 8 heteroatoms. The SMILES string of the molecule is COC(c1ccccc1F)C(C)NC(=O)c1ccn(C2CCCNC2)n1.Cl. The number of ether oxygens (including phenoxy) is 1. The molecule has 1 aliphatic rings. The summed E-state index contributed by atoms with van der Waals surface area (Å²) in [5.74, 6) is -0.645. The third-order valence-corrected chi connectivity index (χ3v) is 4.76. The first-order valence-electron chi connectivity index (χ1n) is 8.94. The lowest BCUT2D eigenvalue weighted by Crippen LogP contribution is -2.38. The van der Waals surface area contributed by atoms with Gasteiger partial charge in [-0.2, -0.15) is 5.10 Å². The van der Waals surface area contributed by atoms with Crippen LogP contribution in [0.3, 0.4) is 0 Å². The van der Waals surface area contributed by atoms with Crippen LogP contribution in [0.5, 0.6) is 0 Å². The number of piperidine rings is 1. The van der Waals surface area contributed by atoms with E-state index in [1.807, 2.05) is 10.9 Å². The van der Waals surface area contributed by atoms with Crippen LogP contribution in [0.15, 0.2) is 36.5 Å². The average Bonchev–Trinajstić information content (AvgIpc) is 3.15. The molecular formula is C19H26ClFN4O2. The number of halogens is 2. The Hall–Kier alpha value is -1.96. The third-order valence-electron chi connectivity index (χ3n) is 4.76. The average molecular weight is 397 g/mol. The van der Waals surface area contributed by atoms with E-state index in [0.29, 0.717) is 11.3 Å². The molecule has 2 N–H and O–H groups in total. The van der Waals surface area contributed by atoms with Gasteiger partial charge in [-0.15, -0.1) is 12.4 Å². The third kappa shape index (κ3) is 5.06. The number of nitrogens with one attached hydrogen (secondary N) is 2. The lowest BCUT2D eigenvalue weighted by molar-refractivity contribution is 0.0622. The van der Waals surface area contributed by atoms with Crippen LogP contribution in [-0.2, 0) is 4.74 Å². The summed E-state index contributed by atoms with van der Waals surface area (Å²) in [4.78, 5) is 12.5. The van der Waals surface area contributed by atoms with Crippen molar-refractivity contribution < 1.29 is 13.9 Å². The lowest BCUT2D eigenvalue weighted by atomic mass is 10.0. The largest absolute Gasteiger partial charge is 0.375 e. The molecule has 0 aliphatic carbocycles. The van der Waals surface area contributed by atoms with E-state index in [4.69, 9.17) is 4.74 Å². The number of carbonyl (C=O) groups is 1. The quantitative estimate of drug-likeness (QED) is 0.787. The molecule has 0 bridgehead atoms. The van der Waals surface area contributed by atoms with Crippen LogP contribution in [0.4, 0.5) is 4.39 Å². The van der Waals surface area contributed by atoms with Gasteiger partial charge in [-0.25, -0.2) is 4.39 Å². The molecule has 0 radical (unpaired) electrons. The Morgan fingerprint density at radius 1 is 1.41 bits per heavy atom. The molecule has 3 rings (SSSR count). The topological polar surface area (TPSA) is 68.2 Å². The van der Waals surface area contributed by atoms with Crippen LogP contribution in [0.2, 0.25) is 0 Å². The number of hydrogen-bond donors (Lipinski definition) is 2. The highest BCUT2D eigenvalue weighted by Crippen LogP contribution is 2.23. The molecule has 1 saturated heterocycles. The first-order valence-corrected chi connectivity index (χ1v) is 8.94. The van der Waals surface area contributed by atoms with Gasteiger partial charge in [0.1, 0.15) is 17.6 Å². The molecule has 1 aromatic carbocycles. The van der Waals surface area contributed by atoms with Crippen molar-refractivity contribution in [1.82, 2.24) is 20.4 Å². The first kappa shape index (κ1) is 21.3. The Kier molecular flexibility index (Phi) is 7.77. The highest BCUT2D eigenvalue weighted by molar-refractivity contribution is 5.92. The van der Waals surface area contributed by atoms with Crippen LogP contribution < -0.4 is 10.6 Å². The van der Waals surface area contributed by atoms with Crippen molar-refractivity contribution in [3.8, 4) is 0 Å². The number of amides is 1. The molecule has 2 heterocycles. The maximum absolute atomic E-state index is 14.0. The maximum atomic E-state index is 14.0. The number of hydrogen-bond acceptors (Lipinski definition) is 4. The maximum Gasteiger partial charge on any atom is 0.272 e. The summed E-state index contributed by atoms with van der Waals surface area (Å²) in [6.45, 7) is 3.68. The Labute approximate surface area is 164 Å². The number of methoxy groups -OCH3 is 1. The smallest absolute Gasteiger partial charge is 0.272 e. The van der Waals surface area contributed by atoms with Crippen LogP contribution in [0.25, 0.3) is 0 Å². The molecule has 1 aliphatic heterocycles. The van der Waals surface area contributed by atoms with Gasteiger partial charge < -0.3 is 15.4 Å².